The molecular weight excluding hydrogens is 496 g/mol. The number of alkyl halides is 6. The van der Waals surface area contributed by atoms with Gasteiger partial charge in [0.05, 0.1) is 5.56 Å². The lowest BCUT2D eigenvalue weighted by atomic mass is 9.97. The maximum Gasteiger partial charge on any atom is 0.433 e. The third kappa shape index (κ3) is 6.21. The third-order valence-corrected chi connectivity index (χ3v) is 5.34. The van der Waals surface area contributed by atoms with Crippen molar-refractivity contribution in [1.82, 2.24) is 9.97 Å². The highest BCUT2D eigenvalue weighted by molar-refractivity contribution is 6.06. The van der Waals surface area contributed by atoms with Crippen molar-refractivity contribution >= 4 is 27.9 Å². The number of aromatic nitrogens is 2. The number of hydrogen-bond acceptors (Lipinski definition) is 3. The van der Waals surface area contributed by atoms with Crippen LogP contribution in [0.1, 0.15) is 22.4 Å². The lowest BCUT2D eigenvalue weighted by molar-refractivity contribution is -0.141. The third-order valence-electron chi connectivity index (χ3n) is 5.34. The van der Waals surface area contributed by atoms with Crippen molar-refractivity contribution in [1.29, 1.82) is 0 Å². The molecule has 4 aromatic rings. The number of hydrogen-bond donors (Lipinski definition) is 1. The summed E-state index contributed by atoms with van der Waals surface area (Å²) in [4.78, 5) is 20.0. The minimum absolute atomic E-state index is 0.222. The number of nitrogens with zero attached hydrogens (tertiary/aromatic N) is 2. The number of carbonyl (C=O) groups excluding carboxylic acids is 1. The lowest BCUT2D eigenvalue weighted by Crippen LogP contribution is -2.08. The van der Waals surface area contributed by atoms with Crippen molar-refractivity contribution in [2.45, 2.75) is 12.4 Å². The molecule has 0 unspecified atom stereocenters. The zero-order chi connectivity index (χ0) is 26.6. The van der Waals surface area contributed by atoms with Crippen LogP contribution in [0.2, 0.25) is 0 Å². The van der Waals surface area contributed by atoms with E-state index < -0.39 is 29.5 Å². The van der Waals surface area contributed by atoms with Gasteiger partial charge in [-0.05, 0) is 41.5 Å². The molecule has 0 aliphatic rings. The number of pyridine rings is 2. The number of carbonyl (C=O) groups is 1. The number of rotatable bonds is 5. The van der Waals surface area contributed by atoms with Crippen LogP contribution in [0.3, 0.4) is 0 Å². The summed E-state index contributed by atoms with van der Waals surface area (Å²) in [5, 5.41) is 4.34. The van der Waals surface area contributed by atoms with E-state index >= 15 is 0 Å². The Morgan fingerprint density at radius 2 is 1.54 bits per heavy atom. The summed E-state index contributed by atoms with van der Waals surface area (Å²) in [5.41, 5.74) is -0.645. The molecule has 4 nitrogen and oxygen atoms in total. The molecular formula is C27H17F6N3O. The van der Waals surface area contributed by atoms with Crippen LogP contribution in [0.5, 0.6) is 0 Å². The average Bonchev–Trinajstić information content (AvgIpc) is 2.86. The summed E-state index contributed by atoms with van der Waals surface area (Å²) in [7, 11) is 0. The molecule has 4 rings (SSSR count). The second-order valence-electron chi connectivity index (χ2n) is 7.84. The fraction of sp³-hybridized carbons (Fsp3) is 0.0741. The number of halogens is 6. The van der Waals surface area contributed by atoms with Crippen molar-refractivity contribution in [3.05, 3.63) is 120 Å². The van der Waals surface area contributed by atoms with E-state index in [9.17, 15) is 31.1 Å². The molecule has 2 aromatic carbocycles. The van der Waals surface area contributed by atoms with Crippen LogP contribution >= 0.6 is 0 Å². The SMILES string of the molecule is O=C(C=CC=C(c1ccc(C(F)(F)F)cc1)c1ccc(C(F)(F)F)nc1)Nc1cccc2cnccc12. The van der Waals surface area contributed by atoms with Crippen LogP contribution in [0.4, 0.5) is 32.0 Å². The van der Waals surface area contributed by atoms with Gasteiger partial charge in [0.25, 0.3) is 0 Å². The smallest absolute Gasteiger partial charge is 0.322 e. The van der Waals surface area contributed by atoms with E-state index in [1.54, 1.807) is 30.6 Å². The van der Waals surface area contributed by atoms with Crippen molar-refractivity contribution in [2.24, 2.45) is 0 Å². The molecule has 10 heteroatoms. The summed E-state index contributed by atoms with van der Waals surface area (Å²) in [5.74, 6) is -0.488. The molecule has 0 saturated carbocycles. The first-order chi connectivity index (χ1) is 17.5. The Morgan fingerprint density at radius 1 is 0.811 bits per heavy atom. The first kappa shape index (κ1) is 25.6. The molecule has 0 aliphatic heterocycles. The highest BCUT2D eigenvalue weighted by atomic mass is 19.4. The normalized spacial score (nSPS) is 12.8. The Hall–Kier alpha value is -4.47. The van der Waals surface area contributed by atoms with E-state index in [2.05, 4.69) is 15.3 Å². The average molecular weight is 513 g/mol. The van der Waals surface area contributed by atoms with Gasteiger partial charge in [-0.3, -0.25) is 14.8 Å². The molecule has 0 saturated heterocycles. The molecule has 0 aliphatic carbocycles. The Kier molecular flexibility index (Phi) is 7.10. The zero-order valence-electron chi connectivity index (χ0n) is 18.8. The predicted octanol–water partition coefficient (Wildman–Crippen LogP) is 7.29. The van der Waals surface area contributed by atoms with Gasteiger partial charge in [0, 0.05) is 46.7 Å². The topological polar surface area (TPSA) is 54.9 Å². The van der Waals surface area contributed by atoms with E-state index in [0.29, 0.717) is 11.3 Å². The molecule has 0 atom stereocenters. The predicted molar refractivity (Wildman–Crippen MR) is 127 cm³/mol. The molecule has 0 fully saturated rings. The molecule has 1 amide bonds. The first-order valence-electron chi connectivity index (χ1n) is 10.8. The maximum atomic E-state index is 13.0. The summed E-state index contributed by atoms with van der Waals surface area (Å²) >= 11 is 0. The van der Waals surface area contributed by atoms with Gasteiger partial charge in [-0.1, -0.05) is 42.5 Å². The van der Waals surface area contributed by atoms with E-state index in [-0.39, 0.29) is 11.1 Å². The molecule has 0 bridgehead atoms. The molecule has 37 heavy (non-hydrogen) atoms. The van der Waals surface area contributed by atoms with Gasteiger partial charge in [0.2, 0.25) is 5.91 Å². The number of anilines is 1. The summed E-state index contributed by atoms with van der Waals surface area (Å²) in [6.45, 7) is 0. The summed E-state index contributed by atoms with van der Waals surface area (Å²) < 4.78 is 77.7. The van der Waals surface area contributed by atoms with Crippen molar-refractivity contribution < 1.29 is 31.1 Å². The second-order valence-corrected chi connectivity index (χ2v) is 7.84. The molecule has 1 N–H and O–H groups in total. The van der Waals surface area contributed by atoms with Crippen LogP contribution in [-0.2, 0) is 17.1 Å². The van der Waals surface area contributed by atoms with Crippen LogP contribution in [-0.4, -0.2) is 15.9 Å². The largest absolute Gasteiger partial charge is 0.433 e. The molecule has 2 heterocycles. The summed E-state index contributed by atoms with van der Waals surface area (Å²) in [6, 6.07) is 13.1. The quantitative estimate of drug-likeness (QED) is 0.173. The molecule has 2 aromatic heterocycles. The molecule has 0 radical (unpaired) electrons. The monoisotopic (exact) mass is 513 g/mol. The van der Waals surface area contributed by atoms with Gasteiger partial charge in [-0.2, -0.15) is 26.3 Å². The number of allylic oxidation sites excluding steroid dienone is 2. The second kappa shape index (κ2) is 10.3. The minimum atomic E-state index is -4.65. The highest BCUT2D eigenvalue weighted by Crippen LogP contribution is 2.33. The van der Waals surface area contributed by atoms with E-state index in [0.717, 1.165) is 41.2 Å². The number of fused-ring (bicyclic) bond motifs is 1. The Balaban J connectivity index is 1.63. The number of benzene rings is 2. The van der Waals surface area contributed by atoms with Crippen molar-refractivity contribution in [3.63, 3.8) is 0 Å². The lowest BCUT2D eigenvalue weighted by Gasteiger charge is -2.12. The Morgan fingerprint density at radius 3 is 2.19 bits per heavy atom. The van der Waals surface area contributed by atoms with Gasteiger partial charge in [-0.15, -0.1) is 0 Å². The van der Waals surface area contributed by atoms with Gasteiger partial charge in [0.1, 0.15) is 5.69 Å². The Labute approximate surface area is 207 Å². The fourth-order valence-corrected chi connectivity index (χ4v) is 3.56. The standard InChI is InChI=1S/C27H17F6N3O/c28-26(29,30)20-10-7-17(8-11-20)21(19-9-12-24(35-16-19)27(31,32)33)4-2-6-25(37)36-23-5-1-3-18-15-34-14-13-22(18)23/h1-16H,(H,36,37). The Bertz CT molecular complexity index is 1410. The van der Waals surface area contributed by atoms with Gasteiger partial charge < -0.3 is 5.32 Å². The molecule has 188 valence electrons. The highest BCUT2D eigenvalue weighted by Gasteiger charge is 2.32. The van der Waals surface area contributed by atoms with Gasteiger partial charge in [-0.25, -0.2) is 0 Å². The van der Waals surface area contributed by atoms with E-state index in [4.69, 9.17) is 0 Å². The van der Waals surface area contributed by atoms with Crippen LogP contribution in [0, 0.1) is 0 Å². The van der Waals surface area contributed by atoms with Gasteiger partial charge >= 0.3 is 12.4 Å². The van der Waals surface area contributed by atoms with E-state index in [1.807, 2.05) is 6.07 Å². The summed E-state index contributed by atoms with van der Waals surface area (Å²) in [6.07, 6.45) is -1.01. The number of nitrogens with one attached hydrogen (secondary N) is 1. The zero-order valence-corrected chi connectivity index (χ0v) is 18.8. The minimum Gasteiger partial charge on any atom is -0.322 e. The van der Waals surface area contributed by atoms with Crippen LogP contribution < -0.4 is 5.32 Å². The first-order valence-corrected chi connectivity index (χ1v) is 10.8. The maximum absolute atomic E-state index is 13.0. The van der Waals surface area contributed by atoms with Crippen LogP contribution in [0.15, 0.2) is 97.5 Å². The van der Waals surface area contributed by atoms with Crippen LogP contribution in [0.25, 0.3) is 16.3 Å². The fourth-order valence-electron chi connectivity index (χ4n) is 3.56. The number of amides is 1. The van der Waals surface area contributed by atoms with Gasteiger partial charge in [0.15, 0.2) is 0 Å². The van der Waals surface area contributed by atoms with Crippen molar-refractivity contribution in [3.8, 4) is 0 Å². The van der Waals surface area contributed by atoms with Crippen molar-refractivity contribution in [2.75, 3.05) is 5.32 Å². The molecule has 0 spiro atoms. The van der Waals surface area contributed by atoms with E-state index in [1.165, 1.54) is 30.4 Å².